The van der Waals surface area contributed by atoms with E-state index in [1.807, 2.05) is 11.0 Å². The molecule has 3 aliphatic rings. The quantitative estimate of drug-likeness (QED) is 0.891. The van der Waals surface area contributed by atoms with Gasteiger partial charge in [-0.2, -0.15) is 0 Å². The zero-order valence-electron chi connectivity index (χ0n) is 14.8. The van der Waals surface area contributed by atoms with E-state index >= 15 is 0 Å². The third kappa shape index (κ3) is 3.59. The fraction of sp³-hybridized carbons (Fsp3) is 0.650. The number of hydrogen-bond acceptors (Lipinski definition) is 4. The number of likely N-dealkylation sites (tertiary alicyclic amines) is 1. The van der Waals surface area contributed by atoms with Gasteiger partial charge in [0.05, 0.1) is 13.2 Å². The molecule has 2 heterocycles. The minimum atomic E-state index is 0.123. The van der Waals surface area contributed by atoms with Gasteiger partial charge in [-0.3, -0.25) is 9.69 Å². The molecule has 0 unspecified atom stereocenters. The molecule has 5 nitrogen and oxygen atoms in total. The van der Waals surface area contributed by atoms with Crippen LogP contribution >= 0.6 is 0 Å². The molecule has 1 amide bonds. The Morgan fingerprint density at radius 1 is 1.12 bits per heavy atom. The van der Waals surface area contributed by atoms with Crippen LogP contribution in [0.4, 0.5) is 0 Å². The number of fused-ring (bicyclic) bond motifs is 1. The van der Waals surface area contributed by atoms with Gasteiger partial charge < -0.3 is 14.7 Å². The van der Waals surface area contributed by atoms with E-state index in [4.69, 9.17) is 4.74 Å². The third-order valence-corrected chi connectivity index (χ3v) is 6.04. The molecule has 0 bridgehead atoms. The molecule has 136 valence electrons. The molecule has 4 rings (SSSR count). The SMILES string of the molecule is O=C(c1ccc2c(c1)CCC2)N1C[C@@H](CO)[C@@H](CN2CCOCC2)C1. The first-order chi connectivity index (χ1) is 12.2. The van der Waals surface area contributed by atoms with Gasteiger partial charge in [-0.1, -0.05) is 6.07 Å². The van der Waals surface area contributed by atoms with Crippen LogP contribution in [0.25, 0.3) is 0 Å². The number of aliphatic hydroxyl groups excluding tert-OH is 1. The molecule has 0 radical (unpaired) electrons. The topological polar surface area (TPSA) is 53.0 Å². The van der Waals surface area contributed by atoms with E-state index in [9.17, 15) is 9.90 Å². The molecule has 25 heavy (non-hydrogen) atoms. The normalized spacial score (nSPS) is 26.8. The fourth-order valence-electron chi connectivity index (χ4n) is 4.52. The number of aliphatic hydroxyl groups is 1. The van der Waals surface area contributed by atoms with Gasteiger partial charge in [0.25, 0.3) is 5.91 Å². The number of morpholine rings is 1. The summed E-state index contributed by atoms with van der Waals surface area (Å²) in [7, 11) is 0. The zero-order chi connectivity index (χ0) is 17.2. The number of carbonyl (C=O) groups is 1. The van der Waals surface area contributed by atoms with Crippen molar-refractivity contribution in [3.8, 4) is 0 Å². The second-order valence-corrected chi connectivity index (χ2v) is 7.66. The van der Waals surface area contributed by atoms with E-state index in [1.165, 1.54) is 17.5 Å². The minimum Gasteiger partial charge on any atom is -0.396 e. The maximum absolute atomic E-state index is 13.0. The predicted molar refractivity (Wildman–Crippen MR) is 95.7 cm³/mol. The Bertz CT molecular complexity index is 627. The summed E-state index contributed by atoms with van der Waals surface area (Å²) in [5.41, 5.74) is 3.55. The summed E-state index contributed by atoms with van der Waals surface area (Å²) in [6.45, 7) is 5.99. The Hall–Kier alpha value is -1.43. The number of ether oxygens (including phenoxy) is 1. The number of benzene rings is 1. The molecule has 1 aromatic carbocycles. The predicted octanol–water partition coefficient (Wildman–Crippen LogP) is 1.19. The molecule has 0 saturated carbocycles. The van der Waals surface area contributed by atoms with Gasteiger partial charge in [-0.05, 0) is 48.4 Å². The van der Waals surface area contributed by atoms with Crippen molar-refractivity contribution in [2.75, 3.05) is 52.5 Å². The number of nitrogens with zero attached hydrogens (tertiary/aromatic N) is 2. The monoisotopic (exact) mass is 344 g/mol. The Kier molecular flexibility index (Phi) is 5.06. The summed E-state index contributed by atoms with van der Waals surface area (Å²) in [6.07, 6.45) is 3.43. The molecule has 2 atom stereocenters. The molecule has 1 aromatic rings. The van der Waals surface area contributed by atoms with Gasteiger partial charge in [-0.25, -0.2) is 0 Å². The van der Waals surface area contributed by atoms with E-state index < -0.39 is 0 Å². The number of rotatable bonds is 4. The van der Waals surface area contributed by atoms with Crippen LogP contribution in [0.2, 0.25) is 0 Å². The van der Waals surface area contributed by atoms with Crippen molar-refractivity contribution in [2.45, 2.75) is 19.3 Å². The van der Waals surface area contributed by atoms with Gasteiger partial charge in [0.15, 0.2) is 0 Å². The average Bonchev–Trinajstić information content (AvgIpc) is 3.28. The Balaban J connectivity index is 1.42. The highest BCUT2D eigenvalue weighted by Gasteiger charge is 2.36. The van der Waals surface area contributed by atoms with Gasteiger partial charge in [0, 0.05) is 50.8 Å². The van der Waals surface area contributed by atoms with Crippen molar-refractivity contribution < 1.29 is 14.6 Å². The van der Waals surface area contributed by atoms with Crippen LogP contribution in [-0.2, 0) is 17.6 Å². The molecular formula is C20H28N2O3. The number of aryl methyl sites for hydroxylation is 2. The Labute approximate surface area is 149 Å². The van der Waals surface area contributed by atoms with Gasteiger partial charge in [0.2, 0.25) is 0 Å². The highest BCUT2D eigenvalue weighted by molar-refractivity contribution is 5.94. The largest absolute Gasteiger partial charge is 0.396 e. The van der Waals surface area contributed by atoms with E-state index in [2.05, 4.69) is 17.0 Å². The van der Waals surface area contributed by atoms with E-state index in [0.717, 1.165) is 57.8 Å². The maximum Gasteiger partial charge on any atom is 0.253 e. The maximum atomic E-state index is 13.0. The molecule has 2 saturated heterocycles. The number of carbonyl (C=O) groups excluding carboxylic acids is 1. The molecule has 2 aliphatic heterocycles. The lowest BCUT2D eigenvalue weighted by molar-refractivity contribution is 0.0264. The Morgan fingerprint density at radius 2 is 1.88 bits per heavy atom. The minimum absolute atomic E-state index is 0.123. The summed E-state index contributed by atoms with van der Waals surface area (Å²) in [5.74, 6) is 0.653. The lowest BCUT2D eigenvalue weighted by Gasteiger charge is -2.30. The van der Waals surface area contributed by atoms with Gasteiger partial charge in [-0.15, -0.1) is 0 Å². The van der Waals surface area contributed by atoms with Crippen LogP contribution in [0.3, 0.4) is 0 Å². The summed E-state index contributed by atoms with van der Waals surface area (Å²) in [4.78, 5) is 17.3. The fourth-order valence-corrected chi connectivity index (χ4v) is 4.52. The average molecular weight is 344 g/mol. The van der Waals surface area contributed by atoms with Crippen LogP contribution in [0.1, 0.15) is 27.9 Å². The van der Waals surface area contributed by atoms with Gasteiger partial charge in [0.1, 0.15) is 0 Å². The van der Waals surface area contributed by atoms with Crippen molar-refractivity contribution in [2.24, 2.45) is 11.8 Å². The van der Waals surface area contributed by atoms with Crippen LogP contribution in [0.15, 0.2) is 18.2 Å². The Morgan fingerprint density at radius 3 is 2.68 bits per heavy atom. The second kappa shape index (κ2) is 7.44. The number of amides is 1. The summed E-state index contributed by atoms with van der Waals surface area (Å²) in [6, 6.07) is 6.20. The molecule has 5 heteroatoms. The highest BCUT2D eigenvalue weighted by Crippen LogP contribution is 2.28. The lowest BCUT2D eigenvalue weighted by atomic mass is 9.96. The van der Waals surface area contributed by atoms with Gasteiger partial charge >= 0.3 is 0 Å². The van der Waals surface area contributed by atoms with Crippen molar-refractivity contribution in [3.63, 3.8) is 0 Å². The third-order valence-electron chi connectivity index (χ3n) is 6.04. The zero-order valence-corrected chi connectivity index (χ0v) is 14.8. The first-order valence-corrected chi connectivity index (χ1v) is 9.56. The summed E-state index contributed by atoms with van der Waals surface area (Å²) < 4.78 is 5.42. The smallest absolute Gasteiger partial charge is 0.253 e. The summed E-state index contributed by atoms with van der Waals surface area (Å²) >= 11 is 0. The first kappa shape index (κ1) is 17.0. The van der Waals surface area contributed by atoms with Crippen LogP contribution < -0.4 is 0 Å². The number of hydrogen-bond donors (Lipinski definition) is 1. The van der Waals surface area contributed by atoms with E-state index in [0.29, 0.717) is 12.5 Å². The standard InChI is InChI=1S/C20H28N2O3/c23-14-19-13-22(12-18(19)11-21-6-8-25-9-7-21)20(24)17-5-4-15-2-1-3-16(15)10-17/h4-5,10,18-19,23H,1-3,6-9,11-14H2/t18-,19-/m0/s1. The molecular weight excluding hydrogens is 316 g/mol. The van der Waals surface area contributed by atoms with Crippen molar-refractivity contribution in [3.05, 3.63) is 34.9 Å². The van der Waals surface area contributed by atoms with Crippen LogP contribution in [0, 0.1) is 11.8 Å². The molecule has 1 aliphatic carbocycles. The highest BCUT2D eigenvalue weighted by atomic mass is 16.5. The van der Waals surface area contributed by atoms with Crippen molar-refractivity contribution in [1.29, 1.82) is 0 Å². The van der Waals surface area contributed by atoms with E-state index in [-0.39, 0.29) is 18.4 Å². The van der Waals surface area contributed by atoms with Crippen LogP contribution in [-0.4, -0.2) is 73.4 Å². The van der Waals surface area contributed by atoms with Crippen molar-refractivity contribution >= 4 is 5.91 Å². The van der Waals surface area contributed by atoms with Crippen LogP contribution in [0.5, 0.6) is 0 Å². The second-order valence-electron chi connectivity index (χ2n) is 7.66. The first-order valence-electron chi connectivity index (χ1n) is 9.56. The molecule has 2 fully saturated rings. The van der Waals surface area contributed by atoms with E-state index in [1.54, 1.807) is 0 Å². The molecule has 0 spiro atoms. The molecule has 1 N–H and O–H groups in total. The molecule has 0 aromatic heterocycles. The van der Waals surface area contributed by atoms with Crippen molar-refractivity contribution in [1.82, 2.24) is 9.80 Å². The lowest BCUT2D eigenvalue weighted by Crippen LogP contribution is -2.41. The summed E-state index contributed by atoms with van der Waals surface area (Å²) in [5, 5.41) is 9.78.